The Morgan fingerprint density at radius 3 is 2.96 bits per heavy atom. The number of ether oxygens (including phenoxy) is 1. The van der Waals surface area contributed by atoms with E-state index in [4.69, 9.17) is 17.0 Å². The summed E-state index contributed by atoms with van der Waals surface area (Å²) in [4.78, 5) is 16.8. The molecule has 0 unspecified atom stereocenters. The van der Waals surface area contributed by atoms with Crippen LogP contribution in [0.15, 0.2) is 42.6 Å². The second-order valence-corrected chi connectivity index (χ2v) is 7.82. The Bertz CT molecular complexity index is 874. The van der Waals surface area contributed by atoms with Crippen LogP contribution in [0.3, 0.4) is 0 Å². The summed E-state index contributed by atoms with van der Waals surface area (Å²) >= 11 is 5.18. The number of aromatic nitrogens is 1. The molecule has 4 rings (SSSR count). The maximum atomic E-state index is 12.4. The molecule has 146 valence electrons. The molecule has 0 radical (unpaired) electrons. The van der Waals surface area contributed by atoms with Crippen molar-refractivity contribution in [2.24, 2.45) is 0 Å². The van der Waals surface area contributed by atoms with Gasteiger partial charge in [-0.2, -0.15) is 0 Å². The molecule has 1 saturated heterocycles. The van der Waals surface area contributed by atoms with Gasteiger partial charge in [0.25, 0.3) is 0 Å². The van der Waals surface area contributed by atoms with E-state index < -0.39 is 0 Å². The van der Waals surface area contributed by atoms with Gasteiger partial charge in [-0.3, -0.25) is 9.78 Å². The van der Waals surface area contributed by atoms with E-state index in [1.807, 2.05) is 30.3 Å². The number of nitrogens with one attached hydrogen (secondary N) is 3. The number of thiocarbonyl (C=S) groups is 1. The second-order valence-electron chi connectivity index (χ2n) is 7.41. The number of benzene rings is 1. The van der Waals surface area contributed by atoms with Crippen molar-refractivity contribution in [1.29, 1.82) is 0 Å². The van der Waals surface area contributed by atoms with Crippen LogP contribution >= 0.6 is 12.2 Å². The molecule has 0 spiro atoms. The average Bonchev–Trinajstić information content (AvgIpc) is 3.09. The molecule has 1 fully saturated rings. The van der Waals surface area contributed by atoms with Crippen molar-refractivity contribution in [2.75, 3.05) is 6.54 Å². The van der Waals surface area contributed by atoms with E-state index in [0.717, 1.165) is 35.4 Å². The maximum absolute atomic E-state index is 12.4. The molecule has 2 aliphatic heterocycles. The van der Waals surface area contributed by atoms with Crippen molar-refractivity contribution in [1.82, 2.24) is 20.9 Å². The van der Waals surface area contributed by atoms with E-state index in [1.54, 1.807) is 6.20 Å². The van der Waals surface area contributed by atoms with Crippen LogP contribution in [0.1, 0.15) is 25.3 Å². The first kappa shape index (κ1) is 18.7. The monoisotopic (exact) mass is 396 g/mol. The predicted octanol–water partition coefficient (Wildman–Crippen LogP) is 2.18. The summed E-state index contributed by atoms with van der Waals surface area (Å²) in [5.41, 5.74) is 3.04. The first-order valence-corrected chi connectivity index (χ1v) is 10.0. The number of nitrogens with zero attached hydrogens (tertiary/aromatic N) is 1. The largest absolute Gasteiger partial charge is 0.487 e. The fourth-order valence-corrected chi connectivity index (χ4v) is 4.20. The van der Waals surface area contributed by atoms with E-state index in [1.165, 1.54) is 0 Å². The molecule has 1 amide bonds. The first-order chi connectivity index (χ1) is 13.6. The summed E-state index contributed by atoms with van der Waals surface area (Å²) in [5, 5.41) is 9.95. The Kier molecular flexibility index (Phi) is 5.43. The van der Waals surface area contributed by atoms with Crippen molar-refractivity contribution in [2.45, 2.75) is 44.4 Å². The van der Waals surface area contributed by atoms with Crippen molar-refractivity contribution in [3.63, 3.8) is 0 Å². The molecule has 3 N–H and O–H groups in total. The topological polar surface area (TPSA) is 75.3 Å². The summed E-state index contributed by atoms with van der Waals surface area (Å²) in [6.07, 6.45) is 3.77. The predicted molar refractivity (Wildman–Crippen MR) is 112 cm³/mol. The molecule has 7 heteroatoms. The fourth-order valence-electron chi connectivity index (χ4n) is 3.83. The third-order valence-corrected chi connectivity index (χ3v) is 5.31. The zero-order valence-electron chi connectivity index (χ0n) is 15.8. The SMILES string of the molecule is C[C@@H]1C[C@@H](CC(=O)NC[C@H]2Cc3cccc(-c4ccccn4)c3O2)NC(=S)N1. The van der Waals surface area contributed by atoms with Gasteiger partial charge in [0.05, 0.1) is 12.2 Å². The Balaban J connectivity index is 1.33. The van der Waals surface area contributed by atoms with E-state index in [2.05, 4.69) is 33.9 Å². The molecule has 28 heavy (non-hydrogen) atoms. The van der Waals surface area contributed by atoms with Gasteiger partial charge in [0.15, 0.2) is 5.11 Å². The smallest absolute Gasteiger partial charge is 0.222 e. The second kappa shape index (κ2) is 8.14. The maximum Gasteiger partial charge on any atom is 0.222 e. The summed E-state index contributed by atoms with van der Waals surface area (Å²) < 4.78 is 6.17. The van der Waals surface area contributed by atoms with Gasteiger partial charge in [-0.15, -0.1) is 0 Å². The van der Waals surface area contributed by atoms with E-state index >= 15 is 0 Å². The molecule has 2 aliphatic rings. The highest BCUT2D eigenvalue weighted by Crippen LogP contribution is 2.37. The third kappa shape index (κ3) is 4.25. The minimum absolute atomic E-state index is 0.0129. The number of fused-ring (bicyclic) bond motifs is 1. The van der Waals surface area contributed by atoms with E-state index in [-0.39, 0.29) is 24.1 Å². The number of carbonyl (C=O) groups is 1. The first-order valence-electron chi connectivity index (χ1n) is 9.62. The summed E-state index contributed by atoms with van der Waals surface area (Å²) in [7, 11) is 0. The van der Waals surface area contributed by atoms with Crippen LogP contribution in [-0.4, -0.2) is 40.7 Å². The molecular weight excluding hydrogens is 372 g/mol. The number of hydrogen-bond acceptors (Lipinski definition) is 4. The molecule has 2 aromatic rings. The fraction of sp³-hybridized carbons (Fsp3) is 0.381. The van der Waals surface area contributed by atoms with Crippen molar-refractivity contribution in [3.05, 3.63) is 48.2 Å². The quantitative estimate of drug-likeness (QED) is 0.673. The van der Waals surface area contributed by atoms with Crippen molar-refractivity contribution < 1.29 is 9.53 Å². The Hall–Kier alpha value is -2.67. The van der Waals surface area contributed by atoms with E-state index in [9.17, 15) is 4.79 Å². The molecule has 1 aromatic carbocycles. The van der Waals surface area contributed by atoms with Crippen molar-refractivity contribution in [3.8, 4) is 17.0 Å². The zero-order valence-corrected chi connectivity index (χ0v) is 16.6. The van der Waals surface area contributed by atoms with Gasteiger partial charge in [0, 0.05) is 36.7 Å². The van der Waals surface area contributed by atoms with Crippen LogP contribution in [0.4, 0.5) is 0 Å². The molecule has 0 saturated carbocycles. The lowest BCUT2D eigenvalue weighted by Crippen LogP contribution is -2.54. The normalized spacial score (nSPS) is 23.2. The molecule has 3 atom stereocenters. The standard InChI is InChI=1S/C21H24N4O2S/c1-13-9-15(25-21(28)24-13)11-19(26)23-12-16-10-14-5-4-6-17(20(14)27-16)18-7-2-3-8-22-18/h2-8,13,15-16H,9-12H2,1H3,(H,23,26)(H2,24,25,28)/t13-,15+,16-/m1/s1. The third-order valence-electron chi connectivity index (χ3n) is 5.08. The average molecular weight is 397 g/mol. The summed E-state index contributed by atoms with van der Waals surface area (Å²) in [5.74, 6) is 0.888. The lowest BCUT2D eigenvalue weighted by atomic mass is 10.0. The van der Waals surface area contributed by atoms with Crippen LogP contribution < -0.4 is 20.7 Å². The summed E-state index contributed by atoms with van der Waals surface area (Å²) in [6, 6.07) is 12.3. The Labute approximate surface area is 170 Å². The van der Waals surface area contributed by atoms with Gasteiger partial charge in [0.1, 0.15) is 11.9 Å². The highest BCUT2D eigenvalue weighted by atomic mass is 32.1. The lowest BCUT2D eigenvalue weighted by molar-refractivity contribution is -0.121. The van der Waals surface area contributed by atoms with Crippen LogP contribution in [0, 0.1) is 0 Å². The number of pyridine rings is 1. The molecule has 3 heterocycles. The van der Waals surface area contributed by atoms with Gasteiger partial charge >= 0.3 is 0 Å². The van der Waals surface area contributed by atoms with E-state index in [0.29, 0.717) is 18.1 Å². The highest BCUT2D eigenvalue weighted by molar-refractivity contribution is 7.80. The number of rotatable bonds is 5. The number of amides is 1. The van der Waals surface area contributed by atoms with Crippen molar-refractivity contribution >= 4 is 23.2 Å². The lowest BCUT2D eigenvalue weighted by Gasteiger charge is -2.30. The minimum Gasteiger partial charge on any atom is -0.487 e. The van der Waals surface area contributed by atoms with Crippen LogP contribution in [-0.2, 0) is 11.2 Å². The summed E-state index contributed by atoms with van der Waals surface area (Å²) in [6.45, 7) is 2.56. The minimum atomic E-state index is -0.0650. The van der Waals surface area contributed by atoms with Gasteiger partial charge in [-0.05, 0) is 49.3 Å². The molecule has 6 nitrogen and oxygen atoms in total. The van der Waals surface area contributed by atoms with Gasteiger partial charge in [-0.25, -0.2) is 0 Å². The number of hydrogen-bond donors (Lipinski definition) is 3. The molecule has 0 bridgehead atoms. The van der Waals surface area contributed by atoms with Gasteiger partial charge < -0.3 is 20.7 Å². The van der Waals surface area contributed by atoms with Crippen LogP contribution in [0.25, 0.3) is 11.3 Å². The number of carbonyl (C=O) groups excluding carboxylic acids is 1. The molecular formula is C21H24N4O2S. The highest BCUT2D eigenvalue weighted by Gasteiger charge is 2.27. The molecule has 1 aromatic heterocycles. The van der Waals surface area contributed by atoms with Crippen LogP contribution in [0.2, 0.25) is 0 Å². The van der Waals surface area contributed by atoms with Gasteiger partial charge in [-0.1, -0.05) is 18.2 Å². The van der Waals surface area contributed by atoms with Gasteiger partial charge in [0.2, 0.25) is 5.91 Å². The zero-order chi connectivity index (χ0) is 19.5. The Morgan fingerprint density at radius 1 is 1.29 bits per heavy atom. The number of para-hydroxylation sites is 1. The van der Waals surface area contributed by atoms with Crippen LogP contribution in [0.5, 0.6) is 5.75 Å². The molecule has 0 aliphatic carbocycles. The Morgan fingerprint density at radius 2 is 2.18 bits per heavy atom.